The maximum atomic E-state index is 14.9. The molecule has 4 atom stereocenters. The van der Waals surface area contributed by atoms with Gasteiger partial charge in [-0.1, -0.05) is 94.8 Å². The Labute approximate surface area is 305 Å². The minimum atomic E-state index is -3.67. The van der Waals surface area contributed by atoms with Crippen LogP contribution in [0.3, 0.4) is 0 Å². The predicted octanol–water partition coefficient (Wildman–Crippen LogP) is 8.26. The van der Waals surface area contributed by atoms with Gasteiger partial charge in [0.25, 0.3) is 0 Å². The molecule has 0 unspecified atom stereocenters. The Kier molecular flexibility index (Phi) is 11.7. The Morgan fingerprint density at radius 2 is 1.45 bits per heavy atom. The van der Waals surface area contributed by atoms with Crippen molar-refractivity contribution in [1.29, 1.82) is 0 Å². The fraction of sp³-hybridized carbons (Fsp3) is 0.659. The quantitative estimate of drug-likeness (QED) is 0.192. The molecule has 0 radical (unpaired) electrons. The zero-order valence-electron chi connectivity index (χ0n) is 31.1. The van der Waals surface area contributed by atoms with Crippen LogP contribution >= 0.6 is 0 Å². The normalized spacial score (nSPS) is 25.7. The highest BCUT2D eigenvalue weighted by atomic mass is 32.2. The topological polar surface area (TPSA) is 102 Å². The summed E-state index contributed by atoms with van der Waals surface area (Å²) in [4.78, 5) is 29.3. The van der Waals surface area contributed by atoms with Gasteiger partial charge in [0.1, 0.15) is 24.5 Å². The fourth-order valence-corrected chi connectivity index (χ4v) is 12.6. The van der Waals surface area contributed by atoms with Gasteiger partial charge < -0.3 is 14.2 Å². The van der Waals surface area contributed by atoms with Gasteiger partial charge in [-0.25, -0.2) is 18.0 Å². The molecule has 2 bridgehead atoms. The van der Waals surface area contributed by atoms with Gasteiger partial charge in [-0.15, -0.1) is 0 Å². The number of esters is 1. The molecule has 0 aromatic heterocycles. The number of hydrogen-bond acceptors (Lipinski definition) is 7. The highest BCUT2D eigenvalue weighted by molar-refractivity contribution is 7.89. The molecule has 1 amide bonds. The van der Waals surface area contributed by atoms with E-state index in [1.54, 1.807) is 14.0 Å². The molecule has 9 nitrogen and oxygen atoms in total. The average Bonchev–Trinajstić information content (AvgIpc) is 3.49. The molecule has 0 N–H and O–H groups in total. The van der Waals surface area contributed by atoms with Gasteiger partial charge in [0.2, 0.25) is 10.0 Å². The first-order chi connectivity index (χ1) is 24.4. The molecule has 0 spiro atoms. The molecule has 2 aromatic rings. The van der Waals surface area contributed by atoms with Crippen LogP contribution in [-0.4, -0.2) is 66.8 Å². The maximum Gasteiger partial charge on any atom is 0.411 e. The lowest BCUT2D eigenvalue weighted by molar-refractivity contribution is -0.162. The van der Waals surface area contributed by atoms with Crippen molar-refractivity contribution in [3.05, 3.63) is 65.7 Å². The zero-order valence-corrected chi connectivity index (χ0v) is 31.9. The number of carbonyl (C=O) groups is 2. The molecule has 51 heavy (non-hydrogen) atoms. The van der Waals surface area contributed by atoms with Crippen molar-refractivity contribution in [2.75, 3.05) is 12.9 Å². The Bertz CT molecular complexity index is 1570. The van der Waals surface area contributed by atoms with Crippen LogP contribution in [0.25, 0.3) is 0 Å². The lowest BCUT2D eigenvalue weighted by atomic mass is 9.69. The fourth-order valence-electron chi connectivity index (χ4n) is 9.78. The van der Waals surface area contributed by atoms with Crippen LogP contribution in [0, 0.1) is 16.7 Å². The first-order valence-corrected chi connectivity index (χ1v) is 20.9. The number of amides is 1. The second-order valence-electron chi connectivity index (χ2n) is 16.1. The van der Waals surface area contributed by atoms with E-state index >= 15 is 0 Å². The third-order valence-electron chi connectivity index (χ3n) is 13.0. The summed E-state index contributed by atoms with van der Waals surface area (Å²) < 4.78 is 49.2. The van der Waals surface area contributed by atoms with E-state index in [9.17, 15) is 18.0 Å². The highest BCUT2D eigenvalue weighted by Gasteiger charge is 2.67. The van der Waals surface area contributed by atoms with Gasteiger partial charge >= 0.3 is 12.1 Å². The van der Waals surface area contributed by atoms with Crippen LogP contribution < -0.4 is 4.74 Å². The monoisotopic (exact) mass is 722 g/mol. The van der Waals surface area contributed by atoms with E-state index in [1.165, 1.54) is 17.7 Å². The molecule has 6 rings (SSSR count). The lowest BCUT2D eigenvalue weighted by Crippen LogP contribution is -2.55. The van der Waals surface area contributed by atoms with Gasteiger partial charge in [-0.3, -0.25) is 4.90 Å². The number of hydrogen-bond donors (Lipinski definition) is 0. The molecule has 0 heterocycles. The third-order valence-corrected chi connectivity index (χ3v) is 15.1. The van der Waals surface area contributed by atoms with Crippen LogP contribution in [0.1, 0.15) is 115 Å². The van der Waals surface area contributed by atoms with Crippen LogP contribution in [0.5, 0.6) is 5.75 Å². The number of benzene rings is 2. The van der Waals surface area contributed by atoms with Crippen molar-refractivity contribution in [2.24, 2.45) is 16.7 Å². The second-order valence-corrected chi connectivity index (χ2v) is 18.0. The molecular formula is C41H58N2O7S. The summed E-state index contributed by atoms with van der Waals surface area (Å²) in [5, 5.41) is 0. The molecule has 4 fully saturated rings. The van der Waals surface area contributed by atoms with Crippen molar-refractivity contribution in [3.63, 3.8) is 0 Å². The van der Waals surface area contributed by atoms with Gasteiger partial charge in [0.15, 0.2) is 0 Å². The number of fused-ring (bicyclic) bond motifs is 2. The minimum absolute atomic E-state index is 0.00247. The number of carbonyl (C=O) groups excluding carboxylic acids is 2. The van der Waals surface area contributed by atoms with Gasteiger partial charge in [-0.05, 0) is 86.5 Å². The molecule has 0 aliphatic heterocycles. The summed E-state index contributed by atoms with van der Waals surface area (Å²) in [5.41, 5.74) is 0.619. The number of rotatable bonds is 13. The van der Waals surface area contributed by atoms with E-state index in [0.717, 1.165) is 68.9 Å². The van der Waals surface area contributed by atoms with E-state index in [1.807, 2.05) is 58.9 Å². The number of sulfonamides is 1. The molecule has 10 heteroatoms. The van der Waals surface area contributed by atoms with Gasteiger partial charge in [0.05, 0.1) is 12.9 Å². The summed E-state index contributed by atoms with van der Waals surface area (Å²) >= 11 is 0. The number of ether oxygens (including phenoxy) is 3. The van der Waals surface area contributed by atoms with E-state index in [0.29, 0.717) is 18.6 Å². The first kappa shape index (κ1) is 37.6. The van der Waals surface area contributed by atoms with Crippen LogP contribution in [-0.2, 0) is 37.4 Å². The Balaban J connectivity index is 1.23. The smallest absolute Gasteiger partial charge is 0.411 e. The maximum absolute atomic E-state index is 14.9. The van der Waals surface area contributed by atoms with Crippen LogP contribution in [0.15, 0.2) is 54.6 Å². The van der Waals surface area contributed by atoms with Crippen molar-refractivity contribution in [2.45, 2.75) is 142 Å². The van der Waals surface area contributed by atoms with E-state index in [-0.39, 0.29) is 42.3 Å². The number of nitrogens with zero attached hydrogens (tertiary/aromatic N) is 2. The van der Waals surface area contributed by atoms with E-state index in [2.05, 4.69) is 13.8 Å². The van der Waals surface area contributed by atoms with Crippen molar-refractivity contribution >= 4 is 22.1 Å². The molecule has 2 aromatic carbocycles. The van der Waals surface area contributed by atoms with Crippen molar-refractivity contribution in [3.8, 4) is 5.75 Å². The highest BCUT2D eigenvalue weighted by Crippen LogP contribution is 2.67. The average molecular weight is 723 g/mol. The Morgan fingerprint density at radius 3 is 2.02 bits per heavy atom. The Hall–Kier alpha value is -3.11. The molecule has 280 valence electrons. The largest absolute Gasteiger partial charge is 0.497 e. The van der Waals surface area contributed by atoms with Crippen molar-refractivity contribution < 1.29 is 32.2 Å². The Morgan fingerprint density at radius 1 is 0.843 bits per heavy atom. The summed E-state index contributed by atoms with van der Waals surface area (Å²) in [6.45, 7) is 6.23. The van der Waals surface area contributed by atoms with Gasteiger partial charge in [-0.2, -0.15) is 4.31 Å². The van der Waals surface area contributed by atoms with Gasteiger partial charge in [0, 0.05) is 24.0 Å². The summed E-state index contributed by atoms with van der Waals surface area (Å²) in [7, 11) is -2.08. The molecular weight excluding hydrogens is 665 g/mol. The molecule has 4 aliphatic carbocycles. The zero-order chi connectivity index (χ0) is 36.2. The second kappa shape index (κ2) is 15.9. The summed E-state index contributed by atoms with van der Waals surface area (Å²) in [6, 6.07) is 15.9. The minimum Gasteiger partial charge on any atom is -0.497 e. The molecule has 0 saturated heterocycles. The summed E-state index contributed by atoms with van der Waals surface area (Å²) in [5.74, 6) is 0.401. The standard InChI is InChI=1S/C41H58N2O7S/c1-30(42(27-31-20-22-36(48-4)23-21-31)39(45)49-28-32-14-8-5-9-15-32)38(44)50-37-26-33-24-25-41(37,40(33,2)3)29-51(46,47)43(34-16-10-6-11-17-34)35-18-12-7-13-19-35/h5,8-9,14-15,20-23,30,33-35,37H,6-7,10-13,16-19,24-29H2,1-4H3/t30-,33-,37-,41-/m0/s1. The third kappa shape index (κ3) is 7.97. The lowest BCUT2D eigenvalue weighted by Gasteiger charge is -2.46. The summed E-state index contributed by atoms with van der Waals surface area (Å²) in [6.07, 6.45) is 11.4. The number of methoxy groups -OCH3 is 1. The van der Waals surface area contributed by atoms with Crippen LogP contribution in [0.2, 0.25) is 0 Å². The predicted molar refractivity (Wildman–Crippen MR) is 197 cm³/mol. The van der Waals surface area contributed by atoms with E-state index in [4.69, 9.17) is 14.2 Å². The van der Waals surface area contributed by atoms with Crippen molar-refractivity contribution in [1.82, 2.24) is 9.21 Å². The molecule has 4 aliphatic rings. The SMILES string of the molecule is COc1ccc(CN(C(=O)OCc2ccccc2)[C@@H](C)C(=O)O[C@H]2C[C@@H]3CC[C@@]2(CS(=O)(=O)N(C2CCCCC2)C2CCCCC2)C3(C)C)cc1. The first-order valence-electron chi connectivity index (χ1n) is 19.3. The van der Waals surface area contributed by atoms with E-state index < -0.39 is 39.6 Å². The molecule has 4 saturated carbocycles. The van der Waals surface area contributed by atoms with Crippen LogP contribution in [0.4, 0.5) is 4.79 Å².